The second-order valence-corrected chi connectivity index (χ2v) is 8.13. The Balaban J connectivity index is 1.39. The molecule has 5 heterocycles. The number of imidazole rings is 1. The van der Waals surface area contributed by atoms with Gasteiger partial charge in [0.05, 0.1) is 23.3 Å². The van der Waals surface area contributed by atoms with Gasteiger partial charge in [-0.3, -0.25) is 4.99 Å². The molecule has 2 aromatic heterocycles. The Labute approximate surface area is 165 Å². The quantitative estimate of drug-likeness (QED) is 0.811. The summed E-state index contributed by atoms with van der Waals surface area (Å²) >= 11 is 0. The van der Waals surface area contributed by atoms with Crippen molar-refractivity contribution in [1.29, 1.82) is 0 Å². The smallest absolute Gasteiger partial charge is 0.152 e. The molecule has 0 N–H and O–H groups in total. The second kappa shape index (κ2) is 6.71. The molecule has 0 aliphatic carbocycles. The van der Waals surface area contributed by atoms with Gasteiger partial charge in [-0.1, -0.05) is 0 Å². The number of aromatic nitrogens is 2. The van der Waals surface area contributed by atoms with Crippen molar-refractivity contribution < 1.29 is 0 Å². The van der Waals surface area contributed by atoms with Crippen LogP contribution in [0.15, 0.2) is 46.4 Å². The van der Waals surface area contributed by atoms with Crippen LogP contribution >= 0.6 is 0 Å². The van der Waals surface area contributed by atoms with Crippen LogP contribution in [0.3, 0.4) is 0 Å². The summed E-state index contributed by atoms with van der Waals surface area (Å²) in [5.74, 6) is 1.49. The van der Waals surface area contributed by atoms with Crippen molar-refractivity contribution in [1.82, 2.24) is 19.2 Å². The van der Waals surface area contributed by atoms with Gasteiger partial charge in [-0.25, -0.2) is 9.98 Å². The first-order valence-corrected chi connectivity index (χ1v) is 10.0. The van der Waals surface area contributed by atoms with Gasteiger partial charge in [0.1, 0.15) is 5.65 Å². The van der Waals surface area contributed by atoms with Gasteiger partial charge in [-0.2, -0.15) is 0 Å². The Morgan fingerprint density at radius 1 is 1.11 bits per heavy atom. The van der Waals surface area contributed by atoms with Gasteiger partial charge in [0.25, 0.3) is 0 Å². The van der Waals surface area contributed by atoms with Crippen LogP contribution in [0.5, 0.6) is 0 Å². The monoisotopic (exact) mass is 374 g/mol. The van der Waals surface area contributed by atoms with E-state index in [0.29, 0.717) is 5.92 Å². The fourth-order valence-corrected chi connectivity index (χ4v) is 4.29. The van der Waals surface area contributed by atoms with E-state index in [2.05, 4.69) is 63.9 Å². The lowest BCUT2D eigenvalue weighted by atomic mass is 9.93. The van der Waals surface area contributed by atoms with Gasteiger partial charge >= 0.3 is 0 Å². The fourth-order valence-electron chi connectivity index (χ4n) is 4.29. The topological polar surface area (TPSA) is 48.5 Å². The van der Waals surface area contributed by atoms with E-state index < -0.39 is 0 Å². The average molecular weight is 374 g/mol. The third kappa shape index (κ3) is 3.07. The van der Waals surface area contributed by atoms with E-state index in [-0.39, 0.29) is 0 Å². The van der Waals surface area contributed by atoms with Crippen molar-refractivity contribution in [3.05, 3.63) is 53.3 Å². The minimum absolute atomic E-state index is 0.564. The highest BCUT2D eigenvalue weighted by Crippen LogP contribution is 2.29. The highest BCUT2D eigenvalue weighted by Gasteiger charge is 2.25. The van der Waals surface area contributed by atoms with Crippen LogP contribution in [0.25, 0.3) is 11.3 Å². The van der Waals surface area contributed by atoms with Crippen molar-refractivity contribution in [2.24, 2.45) is 15.9 Å². The highest BCUT2D eigenvalue weighted by atomic mass is 15.2. The molecule has 3 aliphatic heterocycles. The SMILES string of the molecule is Cc1cn2cc(C3=CCN4C=C(C5CCN(C)CC5)N=CC4=N3)cc(C)c2n1. The molecular formula is C22H26N6. The Hall–Kier alpha value is -2.73. The van der Waals surface area contributed by atoms with Crippen LogP contribution in [-0.4, -0.2) is 57.9 Å². The molecule has 28 heavy (non-hydrogen) atoms. The fraction of sp³-hybridized carbons (Fsp3) is 0.409. The number of rotatable bonds is 2. The normalized spacial score (nSPS) is 20.8. The number of aryl methyl sites for hydroxylation is 2. The van der Waals surface area contributed by atoms with Crippen LogP contribution in [-0.2, 0) is 0 Å². The zero-order valence-corrected chi connectivity index (χ0v) is 16.8. The maximum atomic E-state index is 4.89. The van der Waals surface area contributed by atoms with Crippen LogP contribution < -0.4 is 0 Å². The summed E-state index contributed by atoms with van der Waals surface area (Å²) in [5.41, 5.74) is 6.53. The summed E-state index contributed by atoms with van der Waals surface area (Å²) < 4.78 is 2.10. The number of fused-ring (bicyclic) bond motifs is 2. The van der Waals surface area contributed by atoms with Gasteiger partial charge in [0, 0.05) is 36.6 Å². The molecule has 1 fully saturated rings. The average Bonchev–Trinajstić information content (AvgIpc) is 3.08. The number of likely N-dealkylation sites (tertiary alicyclic amines) is 1. The van der Waals surface area contributed by atoms with Crippen LogP contribution in [0.4, 0.5) is 0 Å². The van der Waals surface area contributed by atoms with Crippen LogP contribution in [0, 0.1) is 19.8 Å². The van der Waals surface area contributed by atoms with Gasteiger partial charge in [-0.05, 0) is 64.5 Å². The lowest BCUT2D eigenvalue weighted by molar-refractivity contribution is 0.236. The summed E-state index contributed by atoms with van der Waals surface area (Å²) in [5, 5.41) is 0. The minimum Gasteiger partial charge on any atom is -0.326 e. The summed E-state index contributed by atoms with van der Waals surface area (Å²) in [4.78, 5) is 18.9. The van der Waals surface area contributed by atoms with E-state index in [1.54, 1.807) is 0 Å². The predicted octanol–water partition coefficient (Wildman–Crippen LogP) is 3.27. The zero-order valence-electron chi connectivity index (χ0n) is 16.8. The van der Waals surface area contributed by atoms with Crippen molar-refractivity contribution >= 4 is 23.4 Å². The first-order valence-electron chi connectivity index (χ1n) is 10.0. The van der Waals surface area contributed by atoms with E-state index in [1.165, 1.54) is 18.5 Å². The molecular weight excluding hydrogens is 348 g/mol. The van der Waals surface area contributed by atoms with Gasteiger partial charge in [0.15, 0.2) is 5.84 Å². The third-order valence-corrected chi connectivity index (χ3v) is 5.92. The molecule has 1 saturated heterocycles. The molecule has 5 rings (SSSR count). The molecule has 144 valence electrons. The number of allylic oxidation sites excluding steroid dienone is 1. The summed E-state index contributed by atoms with van der Waals surface area (Å²) in [6, 6.07) is 2.17. The Kier molecular flexibility index (Phi) is 4.16. The first kappa shape index (κ1) is 17.4. The molecule has 0 amide bonds. The largest absolute Gasteiger partial charge is 0.326 e. The van der Waals surface area contributed by atoms with Crippen molar-refractivity contribution in [2.75, 3.05) is 26.7 Å². The molecule has 0 spiro atoms. The molecule has 0 unspecified atom stereocenters. The maximum Gasteiger partial charge on any atom is 0.152 e. The maximum absolute atomic E-state index is 4.89. The number of hydrogen-bond acceptors (Lipinski definition) is 5. The molecule has 0 saturated carbocycles. The summed E-state index contributed by atoms with van der Waals surface area (Å²) in [6.45, 7) is 7.26. The molecule has 0 atom stereocenters. The molecule has 6 heteroatoms. The molecule has 0 bridgehead atoms. The number of hydrogen-bond donors (Lipinski definition) is 0. The Morgan fingerprint density at radius 2 is 1.93 bits per heavy atom. The lowest BCUT2D eigenvalue weighted by Gasteiger charge is -2.32. The Bertz CT molecular complexity index is 1050. The highest BCUT2D eigenvalue weighted by molar-refractivity contribution is 6.31. The lowest BCUT2D eigenvalue weighted by Crippen LogP contribution is -2.35. The number of aliphatic imine (C=N–C) groups is 2. The molecule has 0 aromatic carbocycles. The minimum atomic E-state index is 0.564. The van der Waals surface area contributed by atoms with Crippen molar-refractivity contribution in [3.63, 3.8) is 0 Å². The van der Waals surface area contributed by atoms with E-state index in [1.807, 2.05) is 13.1 Å². The molecule has 2 aromatic rings. The summed E-state index contributed by atoms with van der Waals surface area (Å²) in [7, 11) is 2.20. The first-order chi connectivity index (χ1) is 13.6. The molecule has 0 radical (unpaired) electrons. The van der Waals surface area contributed by atoms with Crippen LogP contribution in [0.2, 0.25) is 0 Å². The molecule has 6 nitrogen and oxygen atoms in total. The van der Waals surface area contributed by atoms with E-state index in [0.717, 1.165) is 53.6 Å². The number of nitrogens with zero attached hydrogens (tertiary/aromatic N) is 6. The number of piperidine rings is 1. The van der Waals surface area contributed by atoms with E-state index in [9.17, 15) is 0 Å². The number of pyridine rings is 1. The van der Waals surface area contributed by atoms with E-state index >= 15 is 0 Å². The van der Waals surface area contributed by atoms with Crippen molar-refractivity contribution in [3.8, 4) is 0 Å². The molecule has 3 aliphatic rings. The third-order valence-electron chi connectivity index (χ3n) is 5.92. The van der Waals surface area contributed by atoms with E-state index in [4.69, 9.17) is 9.98 Å². The zero-order chi connectivity index (χ0) is 19.3. The Morgan fingerprint density at radius 3 is 2.75 bits per heavy atom. The standard InChI is InChI=1S/C22H26N6/c1-15-10-18(13-28-12-16(2)24-22(15)28)19-6-9-27-14-20(23-11-21(27)25-19)17-4-7-26(3)8-5-17/h6,10-14,17H,4-5,7-9H2,1-3H3. The predicted molar refractivity (Wildman–Crippen MR) is 114 cm³/mol. The van der Waals surface area contributed by atoms with Crippen molar-refractivity contribution in [2.45, 2.75) is 26.7 Å². The van der Waals surface area contributed by atoms with Gasteiger partial charge in [0.2, 0.25) is 0 Å². The van der Waals surface area contributed by atoms with Crippen LogP contribution in [0.1, 0.15) is 29.7 Å². The summed E-state index contributed by atoms with van der Waals surface area (Å²) in [6.07, 6.45) is 12.9. The van der Waals surface area contributed by atoms with Gasteiger partial charge in [-0.15, -0.1) is 0 Å². The number of amidine groups is 1. The van der Waals surface area contributed by atoms with Gasteiger partial charge < -0.3 is 14.2 Å². The second-order valence-electron chi connectivity index (χ2n) is 8.13.